The summed E-state index contributed by atoms with van der Waals surface area (Å²) in [5.74, 6) is -0.280. The minimum atomic E-state index is -0.720. The van der Waals surface area contributed by atoms with E-state index in [0.29, 0.717) is 11.3 Å². The highest BCUT2D eigenvalue weighted by atomic mass is 16.5. The van der Waals surface area contributed by atoms with Gasteiger partial charge in [0.25, 0.3) is 0 Å². The smallest absolute Gasteiger partial charge is 0.422 e. The van der Waals surface area contributed by atoms with Crippen molar-refractivity contribution in [2.24, 2.45) is 0 Å². The molecule has 0 aromatic heterocycles. The first-order valence-corrected chi connectivity index (χ1v) is 4.18. The summed E-state index contributed by atoms with van der Waals surface area (Å²) >= 11 is 0. The van der Waals surface area contributed by atoms with Crippen LogP contribution in [0.4, 0.5) is 0 Å². The van der Waals surface area contributed by atoms with Gasteiger partial charge < -0.3 is 15.0 Å². The van der Waals surface area contributed by atoms with Gasteiger partial charge >= 0.3 is 11.7 Å². The van der Waals surface area contributed by atoms with Gasteiger partial charge in [0.2, 0.25) is 0 Å². The maximum Gasteiger partial charge on any atom is 0.422 e. The lowest BCUT2D eigenvalue weighted by atomic mass is 10.1. The quantitative estimate of drug-likeness (QED) is 0.319. The fraction of sp³-hybridized carbons (Fsp3) is 0.200. The van der Waals surface area contributed by atoms with Crippen molar-refractivity contribution in [3.8, 4) is 5.75 Å². The zero-order valence-corrected chi connectivity index (χ0v) is 8.43. The molecule has 0 saturated heterocycles. The molecule has 0 amide bonds. The summed E-state index contributed by atoms with van der Waals surface area (Å²) in [6, 6.07) is 6.70. The molecular formula is C10H10N2O3. The third-order valence-electron chi connectivity index (χ3n) is 1.84. The Bertz CT molecular complexity index is 422. The SMILES string of the molecule is COC(=O)C(=[N+]=[N-])c1ccccc1OC. The summed E-state index contributed by atoms with van der Waals surface area (Å²) in [5.41, 5.74) is 8.93. The molecular weight excluding hydrogens is 196 g/mol. The Balaban J connectivity index is 3.25. The molecule has 0 aliphatic rings. The van der Waals surface area contributed by atoms with Gasteiger partial charge in [0.1, 0.15) is 11.3 Å². The van der Waals surface area contributed by atoms with E-state index in [1.165, 1.54) is 14.2 Å². The highest BCUT2D eigenvalue weighted by Gasteiger charge is 2.26. The maximum atomic E-state index is 11.2. The Hall–Kier alpha value is -2.13. The second-order valence-electron chi connectivity index (χ2n) is 2.64. The molecule has 0 heterocycles. The molecule has 0 fully saturated rings. The zero-order valence-electron chi connectivity index (χ0n) is 8.43. The molecule has 0 unspecified atom stereocenters. The van der Waals surface area contributed by atoms with E-state index in [9.17, 15) is 4.79 Å². The lowest BCUT2D eigenvalue weighted by molar-refractivity contribution is -0.137. The van der Waals surface area contributed by atoms with Crippen molar-refractivity contribution in [3.05, 3.63) is 35.4 Å². The third kappa shape index (κ3) is 2.21. The van der Waals surface area contributed by atoms with Gasteiger partial charge in [-0.05, 0) is 12.1 Å². The minimum absolute atomic E-state index is 0.185. The Morgan fingerprint density at radius 3 is 2.53 bits per heavy atom. The standard InChI is InChI=1S/C10H10N2O3/c1-14-8-6-4-3-5-7(8)9(12-11)10(13)15-2/h3-6H,1-2H3. The molecule has 78 valence electrons. The van der Waals surface area contributed by atoms with Gasteiger partial charge in [-0.15, -0.1) is 0 Å². The molecule has 0 N–H and O–H groups in total. The Labute approximate surface area is 86.9 Å². The van der Waals surface area contributed by atoms with Crippen LogP contribution in [-0.4, -0.2) is 30.7 Å². The van der Waals surface area contributed by atoms with Gasteiger partial charge in [-0.3, -0.25) is 0 Å². The number of ether oxygens (including phenoxy) is 2. The van der Waals surface area contributed by atoms with Crippen LogP contribution in [0.15, 0.2) is 24.3 Å². The van der Waals surface area contributed by atoms with E-state index in [1.807, 2.05) is 0 Å². The predicted octanol–water partition coefficient (Wildman–Crippen LogP) is 0.887. The van der Waals surface area contributed by atoms with E-state index in [1.54, 1.807) is 24.3 Å². The molecule has 0 saturated carbocycles. The molecule has 0 atom stereocenters. The predicted molar refractivity (Wildman–Crippen MR) is 52.7 cm³/mol. The summed E-state index contributed by atoms with van der Waals surface area (Å²) in [5, 5.41) is 0. The van der Waals surface area contributed by atoms with Crippen molar-refractivity contribution in [2.45, 2.75) is 0 Å². The van der Waals surface area contributed by atoms with Crippen LogP contribution in [-0.2, 0) is 9.53 Å². The lowest BCUT2D eigenvalue weighted by Gasteiger charge is -2.02. The first-order chi connectivity index (χ1) is 7.24. The van der Waals surface area contributed by atoms with Crippen LogP contribution in [0.2, 0.25) is 0 Å². The maximum absolute atomic E-state index is 11.2. The molecule has 1 aromatic rings. The number of methoxy groups -OCH3 is 2. The molecule has 1 aromatic carbocycles. The van der Waals surface area contributed by atoms with Crippen LogP contribution in [0.25, 0.3) is 5.53 Å². The number of benzene rings is 1. The molecule has 0 bridgehead atoms. The van der Waals surface area contributed by atoms with Crippen LogP contribution >= 0.6 is 0 Å². The number of hydrogen-bond donors (Lipinski definition) is 0. The number of carbonyl (C=O) groups is 1. The minimum Gasteiger partial charge on any atom is -0.496 e. The average molecular weight is 206 g/mol. The van der Waals surface area contributed by atoms with Crippen molar-refractivity contribution in [2.75, 3.05) is 14.2 Å². The third-order valence-corrected chi connectivity index (χ3v) is 1.84. The monoisotopic (exact) mass is 206 g/mol. The van der Waals surface area contributed by atoms with E-state index in [0.717, 1.165) is 0 Å². The van der Waals surface area contributed by atoms with Crippen LogP contribution in [0.5, 0.6) is 5.75 Å². The van der Waals surface area contributed by atoms with Crippen molar-refractivity contribution < 1.29 is 19.1 Å². The Kier molecular flexibility index (Phi) is 3.60. The van der Waals surface area contributed by atoms with Crippen molar-refractivity contribution in [1.82, 2.24) is 0 Å². The van der Waals surface area contributed by atoms with Gasteiger partial charge in [0.15, 0.2) is 0 Å². The number of para-hydroxylation sites is 1. The molecule has 0 radical (unpaired) electrons. The van der Waals surface area contributed by atoms with E-state index >= 15 is 0 Å². The fourth-order valence-electron chi connectivity index (χ4n) is 1.14. The second kappa shape index (κ2) is 4.93. The zero-order chi connectivity index (χ0) is 11.3. The van der Waals surface area contributed by atoms with Gasteiger partial charge in [-0.2, -0.15) is 4.79 Å². The summed E-state index contributed by atoms with van der Waals surface area (Å²) in [4.78, 5) is 14.1. The van der Waals surface area contributed by atoms with Crippen LogP contribution in [0, 0.1) is 0 Å². The molecule has 1 rings (SSSR count). The molecule has 0 aliphatic heterocycles. The molecule has 5 heteroatoms. The number of rotatable bonds is 3. The van der Waals surface area contributed by atoms with E-state index in [4.69, 9.17) is 10.3 Å². The van der Waals surface area contributed by atoms with Gasteiger partial charge in [-0.1, -0.05) is 12.1 Å². The largest absolute Gasteiger partial charge is 0.496 e. The van der Waals surface area contributed by atoms with Crippen molar-refractivity contribution >= 4 is 11.7 Å². The van der Waals surface area contributed by atoms with Gasteiger partial charge in [-0.25, -0.2) is 4.79 Å². The molecule has 0 aliphatic carbocycles. The van der Waals surface area contributed by atoms with Crippen LogP contribution < -0.4 is 4.74 Å². The summed E-state index contributed by atoms with van der Waals surface area (Å²) in [7, 11) is 2.67. The normalized spacial score (nSPS) is 8.93. The van der Waals surface area contributed by atoms with Crippen molar-refractivity contribution in [3.63, 3.8) is 0 Å². The van der Waals surface area contributed by atoms with Crippen molar-refractivity contribution in [1.29, 1.82) is 0 Å². The van der Waals surface area contributed by atoms with E-state index < -0.39 is 5.97 Å². The highest BCUT2D eigenvalue weighted by molar-refractivity contribution is 6.41. The second-order valence-corrected chi connectivity index (χ2v) is 2.64. The number of carbonyl (C=O) groups excluding carboxylic acids is 1. The van der Waals surface area contributed by atoms with Gasteiger partial charge in [0, 0.05) is 0 Å². The van der Waals surface area contributed by atoms with Crippen LogP contribution in [0.1, 0.15) is 5.56 Å². The lowest BCUT2D eigenvalue weighted by Crippen LogP contribution is -2.18. The summed E-state index contributed by atoms with van der Waals surface area (Å²) < 4.78 is 9.49. The first kappa shape index (κ1) is 10.9. The van der Waals surface area contributed by atoms with Gasteiger partial charge in [0.05, 0.1) is 14.2 Å². The number of hydrogen-bond acceptors (Lipinski definition) is 3. The highest BCUT2D eigenvalue weighted by Crippen LogP contribution is 2.17. The number of esters is 1. The first-order valence-electron chi connectivity index (χ1n) is 4.18. The molecule has 5 nitrogen and oxygen atoms in total. The van der Waals surface area contributed by atoms with E-state index in [-0.39, 0.29) is 5.71 Å². The topological polar surface area (TPSA) is 71.9 Å². The summed E-state index contributed by atoms with van der Waals surface area (Å²) in [6.07, 6.45) is 0. The Morgan fingerprint density at radius 1 is 1.33 bits per heavy atom. The summed E-state index contributed by atoms with van der Waals surface area (Å²) in [6.45, 7) is 0. The van der Waals surface area contributed by atoms with E-state index in [2.05, 4.69) is 9.53 Å². The number of nitrogens with zero attached hydrogens (tertiary/aromatic N) is 2. The fourth-order valence-corrected chi connectivity index (χ4v) is 1.14. The van der Waals surface area contributed by atoms with Crippen LogP contribution in [0.3, 0.4) is 0 Å². The molecule has 15 heavy (non-hydrogen) atoms. The average Bonchev–Trinajstić information content (AvgIpc) is 2.30. The molecule has 0 spiro atoms. The Morgan fingerprint density at radius 2 is 2.00 bits per heavy atom.